The zero-order valence-corrected chi connectivity index (χ0v) is 18.7. The Hall–Kier alpha value is -2.68. The van der Waals surface area contributed by atoms with Gasteiger partial charge in [-0.25, -0.2) is 4.98 Å². The highest BCUT2D eigenvalue weighted by Crippen LogP contribution is 2.31. The number of aromatic nitrogens is 1. The Kier molecular flexibility index (Phi) is 6.25. The lowest BCUT2D eigenvalue weighted by Crippen LogP contribution is -2.46. The maximum absolute atomic E-state index is 12.0. The molecule has 1 amide bonds. The average molecular weight is 454 g/mol. The molecule has 3 aromatic rings. The highest BCUT2D eigenvalue weighted by Gasteiger charge is 2.34. The highest BCUT2D eigenvalue weighted by atomic mass is 32.1. The molecule has 1 aromatic heterocycles. The number of carbonyl (C=O) groups excluding carboxylic acids is 1. The number of hydrogen-bond acceptors (Lipinski definition) is 7. The highest BCUT2D eigenvalue weighted by molar-refractivity contribution is 7.20. The van der Waals surface area contributed by atoms with Gasteiger partial charge in [0.05, 0.1) is 22.7 Å². The Morgan fingerprint density at radius 3 is 2.53 bits per heavy atom. The lowest BCUT2D eigenvalue weighted by atomic mass is 10.0. The van der Waals surface area contributed by atoms with Gasteiger partial charge in [0.1, 0.15) is 18.1 Å². The van der Waals surface area contributed by atoms with Gasteiger partial charge in [0.25, 0.3) is 5.19 Å². The first kappa shape index (κ1) is 21.2. The van der Waals surface area contributed by atoms with Crippen LogP contribution in [0.25, 0.3) is 10.2 Å². The number of hydrogen-bond donors (Lipinski definition) is 1. The number of rotatable bonds is 7. The van der Waals surface area contributed by atoms with E-state index in [-0.39, 0.29) is 18.4 Å². The third-order valence-electron chi connectivity index (χ3n) is 6.12. The molecule has 2 aliphatic heterocycles. The number of β-amino-alcohol motifs (C(OH)–C–C–N with tert-alkyl or cyclic N) is 1. The van der Waals surface area contributed by atoms with Crippen LogP contribution < -0.4 is 9.47 Å². The second-order valence-electron chi connectivity index (χ2n) is 8.35. The summed E-state index contributed by atoms with van der Waals surface area (Å²) in [5.74, 6) is 1.64. The molecule has 2 aliphatic rings. The number of fused-ring (bicyclic) bond motifs is 1. The molecule has 168 valence electrons. The second-order valence-corrected chi connectivity index (χ2v) is 9.34. The molecule has 0 spiro atoms. The molecule has 32 heavy (non-hydrogen) atoms. The smallest absolute Gasteiger partial charge is 0.279 e. The van der Waals surface area contributed by atoms with Crippen molar-refractivity contribution in [3.63, 3.8) is 0 Å². The Bertz CT molecular complexity index is 1030. The molecule has 0 bridgehead atoms. The van der Waals surface area contributed by atoms with E-state index in [0.29, 0.717) is 18.3 Å². The third kappa shape index (κ3) is 4.87. The normalized spacial score (nSPS) is 20.2. The van der Waals surface area contributed by atoms with Crippen molar-refractivity contribution >= 4 is 27.5 Å². The maximum Gasteiger partial charge on any atom is 0.279 e. The van der Waals surface area contributed by atoms with Gasteiger partial charge in [0, 0.05) is 32.2 Å². The summed E-state index contributed by atoms with van der Waals surface area (Å²) >= 11 is 1.53. The summed E-state index contributed by atoms with van der Waals surface area (Å²) in [5, 5.41) is 10.3. The van der Waals surface area contributed by atoms with Crippen LogP contribution in [0.5, 0.6) is 16.7 Å². The largest absolute Gasteiger partial charge is 0.492 e. The molecule has 7 nitrogen and oxygen atoms in total. The third-order valence-corrected chi connectivity index (χ3v) is 7.03. The summed E-state index contributed by atoms with van der Waals surface area (Å²) in [6.45, 7) is 3.86. The van der Waals surface area contributed by atoms with Gasteiger partial charge >= 0.3 is 0 Å². The van der Waals surface area contributed by atoms with Crippen molar-refractivity contribution in [1.29, 1.82) is 0 Å². The number of benzene rings is 2. The zero-order valence-electron chi connectivity index (χ0n) is 17.9. The van der Waals surface area contributed by atoms with Crippen molar-refractivity contribution < 1.29 is 19.4 Å². The Labute approximate surface area is 191 Å². The van der Waals surface area contributed by atoms with Crippen molar-refractivity contribution in [2.24, 2.45) is 0 Å². The predicted molar refractivity (Wildman–Crippen MR) is 123 cm³/mol. The van der Waals surface area contributed by atoms with Gasteiger partial charge in [-0.05, 0) is 49.2 Å². The Morgan fingerprint density at radius 2 is 1.81 bits per heavy atom. The fourth-order valence-corrected chi connectivity index (χ4v) is 5.25. The van der Waals surface area contributed by atoms with Crippen LogP contribution in [0, 0.1) is 0 Å². The van der Waals surface area contributed by atoms with Crippen LogP contribution in [-0.4, -0.2) is 70.7 Å². The minimum absolute atomic E-state index is 0.0924. The van der Waals surface area contributed by atoms with Crippen molar-refractivity contribution in [3.8, 4) is 16.7 Å². The minimum atomic E-state index is -0.494. The number of piperidine rings is 1. The summed E-state index contributed by atoms with van der Waals surface area (Å²) in [4.78, 5) is 20.7. The molecule has 1 atom stereocenters. The fourth-order valence-electron chi connectivity index (χ4n) is 4.41. The first-order chi connectivity index (χ1) is 15.6. The molecule has 2 fully saturated rings. The quantitative estimate of drug-likeness (QED) is 0.590. The molecule has 2 saturated heterocycles. The van der Waals surface area contributed by atoms with Crippen LogP contribution in [-0.2, 0) is 4.79 Å². The van der Waals surface area contributed by atoms with E-state index in [0.717, 1.165) is 54.2 Å². The predicted octanol–water partition coefficient (Wildman–Crippen LogP) is 3.53. The van der Waals surface area contributed by atoms with Crippen molar-refractivity contribution in [2.75, 3.05) is 32.8 Å². The maximum atomic E-state index is 12.0. The SMILES string of the molecule is O=C1CC(O)CN1C1CCN(CCOc2ccc(Oc3nc4ccccc4s3)cc2)CC1. The van der Waals surface area contributed by atoms with Gasteiger partial charge in [-0.2, -0.15) is 0 Å². The number of aliphatic hydroxyl groups is 1. The second kappa shape index (κ2) is 9.44. The fraction of sp³-hybridized carbons (Fsp3) is 0.417. The van der Waals surface area contributed by atoms with E-state index in [1.807, 2.05) is 53.4 Å². The number of nitrogens with zero attached hydrogens (tertiary/aromatic N) is 3. The molecular formula is C24H27N3O4S. The topological polar surface area (TPSA) is 75.1 Å². The molecule has 1 N–H and O–H groups in total. The van der Waals surface area contributed by atoms with E-state index in [9.17, 15) is 9.90 Å². The van der Waals surface area contributed by atoms with Crippen LogP contribution in [0.15, 0.2) is 48.5 Å². The average Bonchev–Trinajstić information content (AvgIpc) is 3.37. The van der Waals surface area contributed by atoms with Gasteiger partial charge < -0.3 is 19.5 Å². The lowest BCUT2D eigenvalue weighted by Gasteiger charge is -2.36. The van der Waals surface area contributed by atoms with Gasteiger partial charge in [0.15, 0.2) is 0 Å². The monoisotopic (exact) mass is 453 g/mol. The van der Waals surface area contributed by atoms with E-state index < -0.39 is 6.10 Å². The van der Waals surface area contributed by atoms with E-state index >= 15 is 0 Å². The van der Waals surface area contributed by atoms with Crippen molar-refractivity contribution in [3.05, 3.63) is 48.5 Å². The first-order valence-corrected chi connectivity index (χ1v) is 11.9. The summed E-state index contributed by atoms with van der Waals surface area (Å²) in [7, 11) is 0. The Morgan fingerprint density at radius 1 is 1.06 bits per heavy atom. The van der Waals surface area contributed by atoms with Crippen LogP contribution in [0.1, 0.15) is 19.3 Å². The van der Waals surface area contributed by atoms with Crippen LogP contribution >= 0.6 is 11.3 Å². The van der Waals surface area contributed by atoms with E-state index in [1.165, 1.54) is 11.3 Å². The van der Waals surface area contributed by atoms with E-state index in [4.69, 9.17) is 9.47 Å². The van der Waals surface area contributed by atoms with Crippen molar-refractivity contribution in [2.45, 2.75) is 31.4 Å². The lowest BCUT2D eigenvalue weighted by molar-refractivity contribution is -0.130. The number of carbonyl (C=O) groups is 1. The van der Waals surface area contributed by atoms with E-state index in [1.54, 1.807) is 0 Å². The number of likely N-dealkylation sites (tertiary alicyclic amines) is 2. The molecular weight excluding hydrogens is 426 g/mol. The summed E-state index contributed by atoms with van der Waals surface area (Å²) in [6, 6.07) is 15.9. The van der Waals surface area contributed by atoms with Gasteiger partial charge in [-0.3, -0.25) is 9.69 Å². The van der Waals surface area contributed by atoms with Crippen LogP contribution in [0.4, 0.5) is 0 Å². The summed E-state index contributed by atoms with van der Waals surface area (Å²) in [6.07, 6.45) is 1.69. The zero-order chi connectivity index (χ0) is 21.9. The molecule has 0 saturated carbocycles. The molecule has 5 rings (SSSR count). The number of thiazole rings is 1. The van der Waals surface area contributed by atoms with Gasteiger partial charge in [-0.15, -0.1) is 0 Å². The molecule has 0 radical (unpaired) electrons. The van der Waals surface area contributed by atoms with Gasteiger partial charge in [-0.1, -0.05) is 23.5 Å². The van der Waals surface area contributed by atoms with Gasteiger partial charge in [0.2, 0.25) is 5.91 Å². The molecule has 0 aliphatic carbocycles. The number of ether oxygens (including phenoxy) is 2. The molecule has 3 heterocycles. The summed E-state index contributed by atoms with van der Waals surface area (Å²) < 4.78 is 12.9. The first-order valence-electron chi connectivity index (χ1n) is 11.1. The molecule has 8 heteroatoms. The Balaban J connectivity index is 1.05. The molecule has 1 unspecified atom stereocenters. The van der Waals surface area contributed by atoms with Crippen LogP contribution in [0.3, 0.4) is 0 Å². The minimum Gasteiger partial charge on any atom is -0.492 e. The van der Waals surface area contributed by atoms with Crippen molar-refractivity contribution in [1.82, 2.24) is 14.8 Å². The molecule has 2 aromatic carbocycles. The number of para-hydroxylation sites is 1. The van der Waals surface area contributed by atoms with Crippen LogP contribution in [0.2, 0.25) is 0 Å². The van der Waals surface area contributed by atoms with E-state index in [2.05, 4.69) is 9.88 Å². The number of aliphatic hydroxyl groups excluding tert-OH is 1. The summed E-state index contributed by atoms with van der Waals surface area (Å²) in [5.41, 5.74) is 0.945. The number of amides is 1. The standard InChI is InChI=1S/C24H27N3O4S/c28-18-15-23(29)27(16-18)17-9-11-26(12-10-17)13-14-30-19-5-7-20(8-6-19)31-24-25-21-3-1-2-4-22(21)32-24/h1-8,17-18,28H,9-16H2.